The van der Waals surface area contributed by atoms with Crippen molar-refractivity contribution in [1.29, 1.82) is 0 Å². The van der Waals surface area contributed by atoms with Gasteiger partial charge in [-0.05, 0) is 53.5 Å². The minimum Gasteiger partial charge on any atom is -0.497 e. The minimum atomic E-state index is -0.513. The number of unbranched alkanes of at least 4 members (excludes halogenated alkanes) is 1. The molecule has 0 aliphatic rings. The van der Waals surface area contributed by atoms with Crippen LogP contribution in [0, 0.1) is 0 Å². The van der Waals surface area contributed by atoms with Gasteiger partial charge in [0.2, 0.25) is 0 Å². The lowest BCUT2D eigenvalue weighted by Gasteiger charge is -2.31. The summed E-state index contributed by atoms with van der Waals surface area (Å²) in [7, 11) is 3.11. The number of carbonyl (C=O) groups excluding carboxylic acids is 1. The van der Waals surface area contributed by atoms with Crippen LogP contribution in [-0.2, 0) is 0 Å². The summed E-state index contributed by atoms with van der Waals surface area (Å²) in [5.74, 6) is 1.37. The molecule has 4 aromatic rings. The molecule has 0 N–H and O–H groups in total. The maximum Gasteiger partial charge on any atom is 0.266 e. The molecule has 37 heavy (non-hydrogen) atoms. The van der Waals surface area contributed by atoms with E-state index in [-0.39, 0.29) is 11.5 Å². The smallest absolute Gasteiger partial charge is 0.266 e. The van der Waals surface area contributed by atoms with E-state index in [2.05, 4.69) is 22.9 Å². The van der Waals surface area contributed by atoms with Gasteiger partial charge in [-0.2, -0.15) is 0 Å². The highest BCUT2D eigenvalue weighted by molar-refractivity contribution is 9.10. The molecule has 0 bridgehead atoms. The van der Waals surface area contributed by atoms with Crippen LogP contribution < -0.4 is 15.0 Å². The number of hydrogen-bond acceptors (Lipinski definition) is 5. The lowest BCUT2D eigenvalue weighted by atomic mass is 10.1. The van der Waals surface area contributed by atoms with Crippen molar-refractivity contribution in [1.82, 2.24) is 14.5 Å². The molecule has 3 aromatic carbocycles. The molecule has 0 radical (unpaired) electrons. The number of para-hydroxylation sites is 1. The molecule has 7 nitrogen and oxygen atoms in total. The zero-order chi connectivity index (χ0) is 26.5. The number of hydrogen-bond donors (Lipinski definition) is 0. The van der Waals surface area contributed by atoms with Crippen LogP contribution in [0.4, 0.5) is 0 Å². The fourth-order valence-corrected chi connectivity index (χ4v) is 4.90. The second-order valence-electron chi connectivity index (χ2n) is 8.68. The number of nitrogens with zero attached hydrogens (tertiary/aromatic N) is 3. The van der Waals surface area contributed by atoms with E-state index >= 15 is 0 Å². The van der Waals surface area contributed by atoms with E-state index in [1.54, 1.807) is 54.0 Å². The van der Waals surface area contributed by atoms with Crippen LogP contribution in [0.5, 0.6) is 11.5 Å². The predicted molar refractivity (Wildman–Crippen MR) is 149 cm³/mol. The van der Waals surface area contributed by atoms with Crippen molar-refractivity contribution in [2.75, 3.05) is 20.8 Å². The van der Waals surface area contributed by atoms with Gasteiger partial charge in [-0.1, -0.05) is 43.7 Å². The molecule has 192 valence electrons. The Kier molecular flexibility index (Phi) is 8.28. The molecule has 4 rings (SSSR count). The third-order valence-corrected chi connectivity index (χ3v) is 7.16. The van der Waals surface area contributed by atoms with Crippen LogP contribution in [0.15, 0.2) is 76.0 Å². The molecule has 0 saturated carbocycles. The molecule has 1 heterocycles. The number of halogens is 1. The third kappa shape index (κ3) is 5.25. The number of benzene rings is 3. The summed E-state index contributed by atoms with van der Waals surface area (Å²) in [6.45, 7) is 4.52. The van der Waals surface area contributed by atoms with Crippen molar-refractivity contribution < 1.29 is 14.3 Å². The summed E-state index contributed by atoms with van der Waals surface area (Å²) in [6, 6.07) is 19.4. The molecule has 0 aliphatic carbocycles. The Morgan fingerprint density at radius 1 is 1.05 bits per heavy atom. The molecule has 0 spiro atoms. The van der Waals surface area contributed by atoms with Gasteiger partial charge in [0.25, 0.3) is 11.5 Å². The first kappa shape index (κ1) is 26.4. The van der Waals surface area contributed by atoms with Crippen LogP contribution in [0.1, 0.15) is 48.9 Å². The number of aromatic nitrogens is 2. The van der Waals surface area contributed by atoms with E-state index in [4.69, 9.17) is 14.5 Å². The molecule has 0 fully saturated rings. The SMILES string of the molecule is CCCCN(C(=O)c1ccccc1)C(C)c1nc2ccccc2c(=O)n1-c1cc(OC)cc(OC)c1Br. The zero-order valence-corrected chi connectivity index (χ0v) is 23.0. The second kappa shape index (κ2) is 11.6. The van der Waals surface area contributed by atoms with E-state index in [0.717, 1.165) is 12.8 Å². The maximum absolute atomic E-state index is 14.0. The van der Waals surface area contributed by atoms with Crippen molar-refractivity contribution in [3.63, 3.8) is 0 Å². The zero-order valence-electron chi connectivity index (χ0n) is 21.4. The van der Waals surface area contributed by atoms with E-state index in [1.807, 2.05) is 43.3 Å². The van der Waals surface area contributed by atoms with Crippen molar-refractivity contribution in [2.45, 2.75) is 32.7 Å². The van der Waals surface area contributed by atoms with Gasteiger partial charge in [0.05, 0.1) is 41.3 Å². The van der Waals surface area contributed by atoms with Gasteiger partial charge in [-0.25, -0.2) is 4.98 Å². The normalized spacial score (nSPS) is 11.8. The summed E-state index contributed by atoms with van der Waals surface area (Å²) in [5, 5.41) is 0.474. The Labute approximate surface area is 224 Å². The maximum atomic E-state index is 14.0. The van der Waals surface area contributed by atoms with Crippen molar-refractivity contribution >= 4 is 32.7 Å². The van der Waals surface area contributed by atoms with Crippen molar-refractivity contribution in [3.05, 3.63) is 92.9 Å². The van der Waals surface area contributed by atoms with Crippen LogP contribution in [-0.4, -0.2) is 41.1 Å². The van der Waals surface area contributed by atoms with Crippen LogP contribution in [0.2, 0.25) is 0 Å². The van der Waals surface area contributed by atoms with E-state index in [9.17, 15) is 9.59 Å². The number of amides is 1. The van der Waals surface area contributed by atoms with Crippen LogP contribution in [0.3, 0.4) is 0 Å². The average Bonchev–Trinajstić information content (AvgIpc) is 2.93. The van der Waals surface area contributed by atoms with Gasteiger partial charge < -0.3 is 14.4 Å². The third-order valence-electron chi connectivity index (χ3n) is 6.37. The number of rotatable bonds is 9. The first-order valence-electron chi connectivity index (χ1n) is 12.2. The van der Waals surface area contributed by atoms with Gasteiger partial charge in [0.1, 0.15) is 17.3 Å². The first-order valence-corrected chi connectivity index (χ1v) is 13.0. The van der Waals surface area contributed by atoms with Crippen molar-refractivity contribution in [2.24, 2.45) is 0 Å². The summed E-state index contributed by atoms with van der Waals surface area (Å²) in [6.07, 6.45) is 1.74. The minimum absolute atomic E-state index is 0.113. The molecule has 0 aliphatic heterocycles. The molecular formula is C29H30BrN3O4. The molecular weight excluding hydrogens is 534 g/mol. The second-order valence-corrected chi connectivity index (χ2v) is 9.48. The lowest BCUT2D eigenvalue weighted by Crippen LogP contribution is -2.38. The first-order chi connectivity index (χ1) is 17.9. The molecule has 1 unspecified atom stereocenters. The Morgan fingerprint density at radius 3 is 2.43 bits per heavy atom. The van der Waals surface area contributed by atoms with E-state index in [1.165, 1.54) is 0 Å². The van der Waals surface area contributed by atoms with Gasteiger partial charge in [0.15, 0.2) is 0 Å². The quantitative estimate of drug-likeness (QED) is 0.243. The number of carbonyl (C=O) groups is 1. The Hall–Kier alpha value is -3.65. The fraction of sp³-hybridized carbons (Fsp3) is 0.276. The van der Waals surface area contributed by atoms with Gasteiger partial charge in [-0.3, -0.25) is 14.2 Å². The highest BCUT2D eigenvalue weighted by atomic mass is 79.9. The molecule has 0 saturated heterocycles. The molecule has 1 amide bonds. The summed E-state index contributed by atoms with van der Waals surface area (Å²) >= 11 is 3.62. The Bertz CT molecular complexity index is 1470. The summed E-state index contributed by atoms with van der Waals surface area (Å²) in [5.41, 5.74) is 1.43. The summed E-state index contributed by atoms with van der Waals surface area (Å²) < 4.78 is 13.2. The van der Waals surface area contributed by atoms with Gasteiger partial charge >= 0.3 is 0 Å². The number of ether oxygens (including phenoxy) is 2. The van der Waals surface area contributed by atoms with E-state index < -0.39 is 6.04 Å². The molecule has 1 aromatic heterocycles. The van der Waals surface area contributed by atoms with Crippen molar-refractivity contribution in [3.8, 4) is 17.2 Å². The number of fused-ring (bicyclic) bond motifs is 1. The number of methoxy groups -OCH3 is 2. The average molecular weight is 564 g/mol. The van der Waals surface area contributed by atoms with Crippen LogP contribution >= 0.6 is 15.9 Å². The highest BCUT2D eigenvalue weighted by Gasteiger charge is 2.28. The molecule has 1 atom stereocenters. The molecule has 8 heteroatoms. The predicted octanol–water partition coefficient (Wildman–Crippen LogP) is 6.17. The van der Waals surface area contributed by atoms with Gasteiger partial charge in [-0.15, -0.1) is 0 Å². The van der Waals surface area contributed by atoms with Gasteiger partial charge in [0, 0.05) is 24.2 Å². The summed E-state index contributed by atoms with van der Waals surface area (Å²) in [4.78, 5) is 34.4. The highest BCUT2D eigenvalue weighted by Crippen LogP contribution is 2.37. The Balaban J connectivity index is 1.99. The lowest BCUT2D eigenvalue weighted by molar-refractivity contribution is 0.0678. The van der Waals surface area contributed by atoms with E-state index in [0.29, 0.717) is 50.5 Å². The van der Waals surface area contributed by atoms with Crippen LogP contribution in [0.25, 0.3) is 16.6 Å². The topological polar surface area (TPSA) is 73.7 Å². The fourth-order valence-electron chi connectivity index (χ4n) is 4.34. The Morgan fingerprint density at radius 2 is 1.76 bits per heavy atom. The largest absolute Gasteiger partial charge is 0.497 e. The monoisotopic (exact) mass is 563 g/mol. The standard InChI is InChI=1S/C29H30BrN3O4/c1-5-6-16-32(28(34)20-12-8-7-9-13-20)19(2)27-31-23-15-11-10-14-22(23)29(35)33(27)24-17-21(36-3)18-25(37-4)26(24)30/h7-15,17-19H,5-6,16H2,1-4H3.